The van der Waals surface area contributed by atoms with Gasteiger partial charge in [0, 0.05) is 31.8 Å². The fraction of sp³-hybridized carbons (Fsp3) is 0.538. The van der Waals surface area contributed by atoms with Crippen LogP contribution in [0.5, 0.6) is 0 Å². The van der Waals surface area contributed by atoms with Crippen molar-refractivity contribution < 1.29 is 10.0 Å². The predicted octanol–water partition coefficient (Wildman–Crippen LogP) is 0.997. The van der Waals surface area contributed by atoms with Crippen LogP contribution in [0.4, 0.5) is 5.69 Å². The summed E-state index contributed by atoms with van der Waals surface area (Å²) in [5.41, 5.74) is 0.235. The van der Waals surface area contributed by atoms with E-state index >= 15 is 0 Å². The Balaban J connectivity index is 2.42. The monoisotopic (exact) mass is 267 g/mol. The first-order valence-electron chi connectivity index (χ1n) is 6.11. The first-order valence-corrected chi connectivity index (χ1v) is 6.11. The number of nitro groups is 1. The third-order valence-corrected chi connectivity index (χ3v) is 2.64. The van der Waals surface area contributed by atoms with E-state index in [0.717, 1.165) is 5.56 Å². The number of aliphatic hydroxyl groups is 1. The fourth-order valence-electron chi connectivity index (χ4n) is 1.95. The van der Waals surface area contributed by atoms with E-state index in [1.165, 1.54) is 12.1 Å². The van der Waals surface area contributed by atoms with Gasteiger partial charge in [-0.1, -0.05) is 12.1 Å². The van der Waals surface area contributed by atoms with Crippen LogP contribution >= 0.6 is 0 Å². The molecule has 0 aliphatic heterocycles. The van der Waals surface area contributed by atoms with Crippen molar-refractivity contribution >= 4 is 5.69 Å². The van der Waals surface area contributed by atoms with Crippen molar-refractivity contribution in [3.05, 3.63) is 39.9 Å². The number of rotatable bonds is 7. The Morgan fingerprint density at radius 2 is 1.95 bits per heavy atom. The molecule has 0 spiro atoms. The van der Waals surface area contributed by atoms with Gasteiger partial charge in [0.05, 0.1) is 10.5 Å². The summed E-state index contributed by atoms with van der Waals surface area (Å²) < 4.78 is 0. The van der Waals surface area contributed by atoms with Gasteiger partial charge in [-0.15, -0.1) is 0 Å². The van der Waals surface area contributed by atoms with Gasteiger partial charge in [0.25, 0.3) is 5.69 Å². The summed E-state index contributed by atoms with van der Waals surface area (Å²) in [5, 5.41) is 23.7. The van der Waals surface area contributed by atoms with Crippen LogP contribution in [0.15, 0.2) is 24.3 Å². The van der Waals surface area contributed by atoms with Crippen molar-refractivity contribution in [2.45, 2.75) is 19.1 Å². The van der Waals surface area contributed by atoms with Crippen LogP contribution in [-0.2, 0) is 6.54 Å². The maximum Gasteiger partial charge on any atom is 0.269 e. The molecule has 0 radical (unpaired) electrons. The summed E-state index contributed by atoms with van der Waals surface area (Å²) in [7, 11) is 3.82. The number of hydrogen-bond acceptors (Lipinski definition) is 5. The average Bonchev–Trinajstić information content (AvgIpc) is 2.27. The number of benzene rings is 1. The van der Waals surface area contributed by atoms with E-state index in [1.54, 1.807) is 19.1 Å². The molecule has 0 saturated heterocycles. The number of nitrogens with zero attached hydrogens (tertiary/aromatic N) is 2. The Hall–Kier alpha value is -1.50. The number of likely N-dealkylation sites (N-methyl/N-ethyl adjacent to an activating group) is 1. The Labute approximate surface area is 113 Å². The topological polar surface area (TPSA) is 78.6 Å². The van der Waals surface area contributed by atoms with Crippen LogP contribution in [0.3, 0.4) is 0 Å². The summed E-state index contributed by atoms with van der Waals surface area (Å²) in [6.45, 7) is 3.37. The van der Waals surface area contributed by atoms with Gasteiger partial charge in [0.15, 0.2) is 0 Å². The fourth-order valence-corrected chi connectivity index (χ4v) is 1.95. The summed E-state index contributed by atoms with van der Waals surface area (Å²) in [6, 6.07) is 6.39. The molecule has 1 unspecified atom stereocenters. The first kappa shape index (κ1) is 15.6. The minimum absolute atomic E-state index is 0.0864. The lowest BCUT2D eigenvalue weighted by Gasteiger charge is -2.27. The third kappa shape index (κ3) is 5.78. The van der Waals surface area contributed by atoms with Crippen LogP contribution in [-0.4, -0.2) is 47.7 Å². The Kier molecular flexibility index (Phi) is 5.41. The van der Waals surface area contributed by atoms with Crippen LogP contribution in [0.25, 0.3) is 0 Å². The Morgan fingerprint density at radius 1 is 1.37 bits per heavy atom. The van der Waals surface area contributed by atoms with E-state index in [1.807, 2.05) is 19.0 Å². The molecule has 6 nitrogen and oxygen atoms in total. The molecule has 1 rings (SSSR count). The highest BCUT2D eigenvalue weighted by atomic mass is 16.6. The summed E-state index contributed by atoms with van der Waals surface area (Å²) in [5.74, 6) is 0. The quantitative estimate of drug-likeness (QED) is 0.569. The lowest BCUT2D eigenvalue weighted by Crippen LogP contribution is -2.45. The van der Waals surface area contributed by atoms with Crippen LogP contribution in [0.2, 0.25) is 0 Å². The second-order valence-electron chi connectivity index (χ2n) is 5.26. The van der Waals surface area contributed by atoms with E-state index in [9.17, 15) is 15.2 Å². The van der Waals surface area contributed by atoms with Gasteiger partial charge in [-0.2, -0.15) is 0 Å². The zero-order valence-electron chi connectivity index (χ0n) is 11.6. The minimum atomic E-state index is -0.801. The molecule has 106 valence electrons. The second kappa shape index (κ2) is 6.60. The van der Waals surface area contributed by atoms with Gasteiger partial charge in [0.1, 0.15) is 0 Å². The van der Waals surface area contributed by atoms with Gasteiger partial charge in [-0.3, -0.25) is 10.1 Å². The zero-order valence-corrected chi connectivity index (χ0v) is 11.6. The molecule has 0 aliphatic carbocycles. The van der Waals surface area contributed by atoms with Gasteiger partial charge >= 0.3 is 0 Å². The van der Waals surface area contributed by atoms with Crippen molar-refractivity contribution in [3.63, 3.8) is 0 Å². The van der Waals surface area contributed by atoms with E-state index < -0.39 is 10.5 Å². The molecule has 0 aliphatic rings. The molecule has 0 heterocycles. The molecule has 0 amide bonds. The molecule has 0 saturated carbocycles. The van der Waals surface area contributed by atoms with Crippen LogP contribution < -0.4 is 5.32 Å². The molecule has 6 heteroatoms. The number of nitro benzene ring substituents is 1. The lowest BCUT2D eigenvalue weighted by molar-refractivity contribution is -0.384. The van der Waals surface area contributed by atoms with E-state index in [2.05, 4.69) is 5.32 Å². The highest BCUT2D eigenvalue weighted by Gasteiger charge is 2.20. The van der Waals surface area contributed by atoms with E-state index in [4.69, 9.17) is 0 Å². The number of hydrogen-bond donors (Lipinski definition) is 2. The normalized spacial score (nSPS) is 14.4. The molecule has 1 aromatic rings. The highest BCUT2D eigenvalue weighted by Crippen LogP contribution is 2.12. The van der Waals surface area contributed by atoms with Crippen molar-refractivity contribution in [1.29, 1.82) is 0 Å². The zero-order chi connectivity index (χ0) is 14.5. The maximum atomic E-state index is 10.5. The molecule has 1 aromatic carbocycles. The smallest absolute Gasteiger partial charge is 0.269 e. The van der Waals surface area contributed by atoms with Crippen LogP contribution in [0, 0.1) is 10.1 Å². The molecule has 0 bridgehead atoms. The largest absolute Gasteiger partial charge is 0.388 e. The standard InChI is InChI=1S/C13H21N3O3/c1-13(17,10-15(2)3)9-14-8-11-4-6-12(7-5-11)16(18)19/h4-7,14,17H,8-10H2,1-3H3. The molecule has 2 N–H and O–H groups in total. The molecule has 19 heavy (non-hydrogen) atoms. The van der Waals surface area contributed by atoms with Crippen molar-refractivity contribution in [1.82, 2.24) is 10.2 Å². The lowest BCUT2D eigenvalue weighted by atomic mass is 10.1. The molecule has 0 fully saturated rings. The average molecular weight is 267 g/mol. The third-order valence-electron chi connectivity index (χ3n) is 2.64. The Morgan fingerprint density at radius 3 is 2.42 bits per heavy atom. The molecular formula is C13H21N3O3. The number of nitrogens with one attached hydrogen (secondary N) is 1. The van der Waals surface area contributed by atoms with Gasteiger partial charge in [0.2, 0.25) is 0 Å². The highest BCUT2D eigenvalue weighted by molar-refractivity contribution is 5.32. The minimum Gasteiger partial charge on any atom is -0.388 e. The molecular weight excluding hydrogens is 246 g/mol. The van der Waals surface area contributed by atoms with E-state index in [0.29, 0.717) is 19.6 Å². The van der Waals surface area contributed by atoms with E-state index in [-0.39, 0.29) is 5.69 Å². The summed E-state index contributed by atoms with van der Waals surface area (Å²) in [4.78, 5) is 12.0. The number of non-ortho nitro benzene ring substituents is 1. The van der Waals surface area contributed by atoms with Gasteiger partial charge in [-0.05, 0) is 26.6 Å². The summed E-state index contributed by atoms with van der Waals surface area (Å²) in [6.07, 6.45) is 0. The molecule has 1 atom stereocenters. The van der Waals surface area contributed by atoms with Crippen LogP contribution in [0.1, 0.15) is 12.5 Å². The predicted molar refractivity (Wildman–Crippen MR) is 74.0 cm³/mol. The van der Waals surface area contributed by atoms with Crippen molar-refractivity contribution in [2.75, 3.05) is 27.2 Å². The maximum absolute atomic E-state index is 10.5. The van der Waals surface area contributed by atoms with Gasteiger partial charge in [-0.25, -0.2) is 0 Å². The Bertz CT molecular complexity index is 416. The SMILES string of the molecule is CN(C)CC(C)(O)CNCc1ccc([N+](=O)[O-])cc1. The first-order chi connectivity index (χ1) is 8.80. The van der Waals surface area contributed by atoms with Crippen molar-refractivity contribution in [2.24, 2.45) is 0 Å². The second-order valence-corrected chi connectivity index (χ2v) is 5.26. The summed E-state index contributed by atoms with van der Waals surface area (Å²) >= 11 is 0. The molecule has 0 aromatic heterocycles. The van der Waals surface area contributed by atoms with Crippen molar-refractivity contribution in [3.8, 4) is 0 Å². The van der Waals surface area contributed by atoms with Gasteiger partial charge < -0.3 is 15.3 Å².